The Hall–Kier alpha value is -2.14. The van der Waals surface area contributed by atoms with Gasteiger partial charge in [0.05, 0.1) is 6.10 Å². The molecule has 0 spiro atoms. The summed E-state index contributed by atoms with van der Waals surface area (Å²) >= 11 is 0. The van der Waals surface area contributed by atoms with Crippen LogP contribution >= 0.6 is 0 Å². The molecule has 0 fully saturated rings. The lowest BCUT2D eigenvalue weighted by Gasteiger charge is -2.15. The number of aliphatic hydroxyl groups excluding tert-OH is 1. The van der Waals surface area contributed by atoms with Gasteiger partial charge in [-0.05, 0) is 23.8 Å². The van der Waals surface area contributed by atoms with Crippen LogP contribution in [0.4, 0.5) is 8.78 Å². The van der Waals surface area contributed by atoms with E-state index in [9.17, 15) is 19.0 Å². The van der Waals surface area contributed by atoms with Gasteiger partial charge in [-0.1, -0.05) is 30.3 Å². The molecule has 0 bridgehead atoms. The fourth-order valence-corrected chi connectivity index (χ4v) is 1.92. The molecular formula is C15H14F2O3. The summed E-state index contributed by atoms with van der Waals surface area (Å²) in [4.78, 5) is 0. The summed E-state index contributed by atoms with van der Waals surface area (Å²) in [5.74, 6) is 0.0958. The molecule has 106 valence electrons. The maximum absolute atomic E-state index is 12.3. The van der Waals surface area contributed by atoms with E-state index >= 15 is 0 Å². The van der Waals surface area contributed by atoms with Gasteiger partial charge in [0.15, 0.2) is 0 Å². The maximum atomic E-state index is 12.3. The molecule has 0 saturated heterocycles. The highest BCUT2D eigenvalue weighted by Gasteiger charge is 2.16. The van der Waals surface area contributed by atoms with E-state index in [1.54, 1.807) is 30.3 Å². The van der Waals surface area contributed by atoms with Gasteiger partial charge in [0.2, 0.25) is 0 Å². The fraction of sp³-hybridized carbons (Fsp3) is 0.200. The largest absolute Gasteiger partial charge is 0.508 e. The molecule has 0 heterocycles. The Morgan fingerprint density at radius 1 is 1.00 bits per heavy atom. The molecule has 0 saturated carbocycles. The first-order valence-corrected chi connectivity index (χ1v) is 6.06. The zero-order chi connectivity index (χ0) is 14.5. The highest BCUT2D eigenvalue weighted by molar-refractivity contribution is 5.36. The molecular weight excluding hydrogens is 266 g/mol. The van der Waals surface area contributed by atoms with E-state index in [1.807, 2.05) is 0 Å². The van der Waals surface area contributed by atoms with Crippen molar-refractivity contribution in [2.75, 3.05) is 0 Å². The van der Waals surface area contributed by atoms with Crippen molar-refractivity contribution < 1.29 is 23.7 Å². The van der Waals surface area contributed by atoms with E-state index in [0.717, 1.165) is 5.56 Å². The zero-order valence-corrected chi connectivity index (χ0v) is 10.5. The van der Waals surface area contributed by atoms with Gasteiger partial charge in [0.1, 0.15) is 11.5 Å². The van der Waals surface area contributed by atoms with Crippen molar-refractivity contribution in [1.82, 2.24) is 0 Å². The van der Waals surface area contributed by atoms with Crippen LogP contribution in [0, 0.1) is 0 Å². The van der Waals surface area contributed by atoms with Crippen molar-refractivity contribution in [3.63, 3.8) is 0 Å². The van der Waals surface area contributed by atoms with Gasteiger partial charge in [0, 0.05) is 12.0 Å². The molecule has 0 amide bonds. The van der Waals surface area contributed by atoms with Gasteiger partial charge >= 0.3 is 6.61 Å². The van der Waals surface area contributed by atoms with Gasteiger partial charge in [-0.2, -0.15) is 8.78 Å². The second-order valence-corrected chi connectivity index (χ2v) is 4.30. The van der Waals surface area contributed by atoms with Crippen molar-refractivity contribution in [1.29, 1.82) is 0 Å². The number of para-hydroxylation sites is 1. The number of phenolic OH excluding ortho intramolecular Hbond substituents is 1. The average molecular weight is 280 g/mol. The monoisotopic (exact) mass is 280 g/mol. The standard InChI is InChI=1S/C15H14F2O3/c16-15(17)20-14-4-2-1-3-12(14)13(19)9-10-5-7-11(18)8-6-10/h1-8,13,15,18-19H,9H2. The lowest BCUT2D eigenvalue weighted by Crippen LogP contribution is -2.08. The lowest BCUT2D eigenvalue weighted by atomic mass is 10.0. The van der Waals surface area contributed by atoms with E-state index in [4.69, 9.17) is 0 Å². The van der Waals surface area contributed by atoms with Crippen LogP contribution in [0.5, 0.6) is 11.5 Å². The second kappa shape index (κ2) is 6.34. The Bertz CT molecular complexity index is 555. The summed E-state index contributed by atoms with van der Waals surface area (Å²) in [7, 11) is 0. The van der Waals surface area contributed by atoms with E-state index < -0.39 is 12.7 Å². The third-order valence-electron chi connectivity index (χ3n) is 2.86. The summed E-state index contributed by atoms with van der Waals surface area (Å²) in [6, 6.07) is 12.5. The SMILES string of the molecule is Oc1ccc(CC(O)c2ccccc2OC(F)F)cc1. The van der Waals surface area contributed by atoms with Crippen LogP contribution in [0.2, 0.25) is 0 Å². The van der Waals surface area contributed by atoms with Crippen LogP contribution in [0.15, 0.2) is 48.5 Å². The molecule has 0 radical (unpaired) electrons. The quantitative estimate of drug-likeness (QED) is 0.883. The third-order valence-corrected chi connectivity index (χ3v) is 2.86. The minimum Gasteiger partial charge on any atom is -0.508 e. The number of benzene rings is 2. The smallest absolute Gasteiger partial charge is 0.387 e. The van der Waals surface area contributed by atoms with Gasteiger partial charge in [0.25, 0.3) is 0 Å². The van der Waals surface area contributed by atoms with Crippen molar-refractivity contribution in [3.8, 4) is 11.5 Å². The van der Waals surface area contributed by atoms with E-state index in [1.165, 1.54) is 18.2 Å². The number of alkyl halides is 2. The summed E-state index contributed by atoms with van der Waals surface area (Å²) in [5, 5.41) is 19.3. The third kappa shape index (κ3) is 3.68. The summed E-state index contributed by atoms with van der Waals surface area (Å²) < 4.78 is 29.0. The number of rotatable bonds is 5. The van der Waals surface area contributed by atoms with Crippen LogP contribution in [-0.2, 0) is 6.42 Å². The van der Waals surface area contributed by atoms with Gasteiger partial charge < -0.3 is 14.9 Å². The zero-order valence-electron chi connectivity index (χ0n) is 10.5. The molecule has 0 aliphatic carbocycles. The van der Waals surface area contributed by atoms with E-state index in [0.29, 0.717) is 5.56 Å². The second-order valence-electron chi connectivity index (χ2n) is 4.30. The summed E-state index contributed by atoms with van der Waals surface area (Å²) in [6.45, 7) is -2.93. The number of hydrogen-bond acceptors (Lipinski definition) is 3. The molecule has 0 aliphatic rings. The number of ether oxygens (including phenoxy) is 1. The molecule has 0 aliphatic heterocycles. The minimum absolute atomic E-state index is 0.0335. The van der Waals surface area contributed by atoms with Crippen LogP contribution in [0.3, 0.4) is 0 Å². The first-order valence-electron chi connectivity index (χ1n) is 6.06. The Morgan fingerprint density at radius 3 is 2.30 bits per heavy atom. The number of aromatic hydroxyl groups is 1. The number of aliphatic hydroxyl groups is 1. The van der Waals surface area contributed by atoms with Crippen LogP contribution in [0.25, 0.3) is 0 Å². The van der Waals surface area contributed by atoms with Crippen LogP contribution in [-0.4, -0.2) is 16.8 Å². The molecule has 2 aromatic carbocycles. The molecule has 2 aromatic rings. The van der Waals surface area contributed by atoms with Crippen molar-refractivity contribution >= 4 is 0 Å². The molecule has 2 rings (SSSR count). The molecule has 5 heteroatoms. The molecule has 1 unspecified atom stereocenters. The Morgan fingerprint density at radius 2 is 1.65 bits per heavy atom. The maximum Gasteiger partial charge on any atom is 0.387 e. The summed E-state index contributed by atoms with van der Waals surface area (Å²) in [5.41, 5.74) is 1.09. The van der Waals surface area contributed by atoms with Crippen molar-refractivity contribution in [3.05, 3.63) is 59.7 Å². The Labute approximate surface area is 115 Å². The number of phenols is 1. The Balaban J connectivity index is 2.16. The van der Waals surface area contributed by atoms with Gasteiger partial charge in [-0.3, -0.25) is 0 Å². The van der Waals surface area contributed by atoms with Crippen LogP contribution in [0.1, 0.15) is 17.2 Å². The predicted octanol–water partition coefficient (Wildman–Crippen LogP) is 3.27. The van der Waals surface area contributed by atoms with Crippen molar-refractivity contribution in [2.24, 2.45) is 0 Å². The van der Waals surface area contributed by atoms with Gasteiger partial charge in [-0.25, -0.2) is 0 Å². The van der Waals surface area contributed by atoms with Crippen molar-refractivity contribution in [2.45, 2.75) is 19.1 Å². The van der Waals surface area contributed by atoms with Gasteiger partial charge in [-0.15, -0.1) is 0 Å². The lowest BCUT2D eigenvalue weighted by molar-refractivity contribution is -0.0515. The highest BCUT2D eigenvalue weighted by Crippen LogP contribution is 2.29. The minimum atomic E-state index is -2.93. The topological polar surface area (TPSA) is 49.7 Å². The molecule has 2 N–H and O–H groups in total. The summed E-state index contributed by atoms with van der Waals surface area (Å²) in [6.07, 6.45) is -0.723. The molecule has 20 heavy (non-hydrogen) atoms. The Kier molecular flexibility index (Phi) is 4.53. The fourth-order valence-electron chi connectivity index (χ4n) is 1.92. The molecule has 1 atom stereocenters. The number of hydrogen-bond donors (Lipinski definition) is 2. The molecule has 3 nitrogen and oxygen atoms in total. The normalized spacial score (nSPS) is 12.4. The first-order chi connectivity index (χ1) is 9.56. The molecule has 0 aromatic heterocycles. The van der Waals surface area contributed by atoms with E-state index in [-0.39, 0.29) is 17.9 Å². The predicted molar refractivity (Wildman–Crippen MR) is 69.8 cm³/mol. The average Bonchev–Trinajstić information content (AvgIpc) is 2.41. The highest BCUT2D eigenvalue weighted by atomic mass is 19.3. The van der Waals surface area contributed by atoms with Crippen LogP contribution < -0.4 is 4.74 Å². The number of halogens is 2. The van der Waals surface area contributed by atoms with E-state index in [2.05, 4.69) is 4.74 Å². The first kappa shape index (κ1) is 14.3.